The third kappa shape index (κ3) is 3.03. The number of sulfonamides is 1. The average molecular weight is 364 g/mol. The molecule has 0 aliphatic carbocycles. The maximum Gasteiger partial charge on any atom is 0.298 e. The number of rotatable bonds is 4. The minimum absolute atomic E-state index is 0.00814. The van der Waals surface area contributed by atoms with Crippen LogP contribution in [0.4, 0.5) is 0 Å². The molecule has 0 atom stereocenters. The van der Waals surface area contributed by atoms with Gasteiger partial charge in [-0.2, -0.15) is 8.42 Å². The first-order valence-electron chi connectivity index (χ1n) is 5.84. The van der Waals surface area contributed by atoms with Gasteiger partial charge in [-0.1, -0.05) is 23.2 Å². The van der Waals surface area contributed by atoms with E-state index in [0.717, 1.165) is 0 Å². The van der Waals surface area contributed by atoms with Gasteiger partial charge in [0, 0.05) is 19.4 Å². The topological polar surface area (TPSA) is 90.3 Å². The third-order valence-corrected chi connectivity index (χ3v) is 4.68. The van der Waals surface area contributed by atoms with Gasteiger partial charge in [0.25, 0.3) is 15.9 Å². The van der Waals surface area contributed by atoms with E-state index >= 15 is 0 Å². The monoisotopic (exact) mass is 363 g/mol. The number of aryl methyl sites for hydroxylation is 1. The van der Waals surface area contributed by atoms with E-state index in [4.69, 9.17) is 27.9 Å². The number of ether oxygens (including phenoxy) is 1. The summed E-state index contributed by atoms with van der Waals surface area (Å²) in [5.74, 6) is -0.978. The van der Waals surface area contributed by atoms with Gasteiger partial charge in [0.05, 0.1) is 17.2 Å². The van der Waals surface area contributed by atoms with E-state index in [9.17, 15) is 13.2 Å². The van der Waals surface area contributed by atoms with Crippen molar-refractivity contribution in [2.45, 2.75) is 5.16 Å². The van der Waals surface area contributed by atoms with Gasteiger partial charge in [-0.3, -0.25) is 4.79 Å². The van der Waals surface area contributed by atoms with Crippen molar-refractivity contribution in [1.29, 1.82) is 0 Å². The molecule has 0 fully saturated rings. The number of nitrogens with zero attached hydrogens (tertiary/aromatic N) is 2. The van der Waals surface area contributed by atoms with E-state index < -0.39 is 15.9 Å². The van der Waals surface area contributed by atoms with Crippen LogP contribution in [-0.4, -0.2) is 31.0 Å². The smallest absolute Gasteiger partial charge is 0.298 e. The summed E-state index contributed by atoms with van der Waals surface area (Å²) < 4.78 is 32.5. The minimum atomic E-state index is -4.15. The molecule has 0 aliphatic rings. The lowest BCUT2D eigenvalue weighted by Crippen LogP contribution is -2.32. The van der Waals surface area contributed by atoms with Crippen molar-refractivity contribution in [3.05, 3.63) is 40.1 Å². The van der Waals surface area contributed by atoms with Crippen LogP contribution in [0.1, 0.15) is 10.4 Å². The first kappa shape index (κ1) is 16.6. The van der Waals surface area contributed by atoms with Crippen molar-refractivity contribution >= 4 is 39.1 Å². The highest BCUT2D eigenvalue weighted by Crippen LogP contribution is 2.33. The van der Waals surface area contributed by atoms with Gasteiger partial charge in [0.15, 0.2) is 5.75 Å². The van der Waals surface area contributed by atoms with Crippen LogP contribution in [0.25, 0.3) is 0 Å². The van der Waals surface area contributed by atoms with E-state index in [-0.39, 0.29) is 26.5 Å². The summed E-state index contributed by atoms with van der Waals surface area (Å²) in [6, 6.07) is 2.81. The van der Waals surface area contributed by atoms with Crippen LogP contribution in [0.15, 0.2) is 29.7 Å². The Balaban J connectivity index is 2.43. The van der Waals surface area contributed by atoms with Crippen molar-refractivity contribution in [1.82, 2.24) is 14.3 Å². The molecular weight excluding hydrogens is 353 g/mol. The molecular formula is C12H11Cl2N3O4S. The molecule has 0 radical (unpaired) electrons. The second-order valence-electron chi connectivity index (χ2n) is 4.19. The van der Waals surface area contributed by atoms with E-state index in [1.807, 2.05) is 4.72 Å². The molecule has 0 spiro atoms. The van der Waals surface area contributed by atoms with Crippen LogP contribution in [0.3, 0.4) is 0 Å². The number of nitrogens with one attached hydrogen (secondary N) is 1. The molecule has 2 aromatic rings. The number of carbonyl (C=O) groups is 1. The summed E-state index contributed by atoms with van der Waals surface area (Å²) in [4.78, 5) is 16.0. The highest BCUT2D eigenvalue weighted by molar-refractivity contribution is 7.89. The molecule has 1 heterocycles. The van der Waals surface area contributed by atoms with Gasteiger partial charge in [-0.25, -0.2) is 9.71 Å². The van der Waals surface area contributed by atoms with Crippen LogP contribution >= 0.6 is 23.2 Å². The fourth-order valence-electron chi connectivity index (χ4n) is 1.77. The van der Waals surface area contributed by atoms with Crippen LogP contribution in [0.5, 0.6) is 5.75 Å². The zero-order valence-corrected chi connectivity index (χ0v) is 13.8. The van der Waals surface area contributed by atoms with Gasteiger partial charge in [-0.15, -0.1) is 0 Å². The Morgan fingerprint density at radius 2 is 1.95 bits per heavy atom. The van der Waals surface area contributed by atoms with Crippen molar-refractivity contribution in [2.75, 3.05) is 7.11 Å². The number of methoxy groups -OCH3 is 1. The predicted octanol–water partition coefficient (Wildman–Crippen LogP) is 1.85. The lowest BCUT2D eigenvalue weighted by Gasteiger charge is -2.12. The number of aromatic nitrogens is 2. The van der Waals surface area contributed by atoms with E-state index in [1.54, 1.807) is 0 Å². The molecule has 0 unspecified atom stereocenters. The van der Waals surface area contributed by atoms with Crippen molar-refractivity contribution in [3.63, 3.8) is 0 Å². The van der Waals surface area contributed by atoms with Gasteiger partial charge >= 0.3 is 0 Å². The lowest BCUT2D eigenvalue weighted by atomic mass is 10.2. The van der Waals surface area contributed by atoms with Crippen LogP contribution in [0.2, 0.25) is 10.0 Å². The van der Waals surface area contributed by atoms with Crippen molar-refractivity contribution in [3.8, 4) is 5.75 Å². The Morgan fingerprint density at radius 3 is 2.50 bits per heavy atom. The molecule has 0 aliphatic heterocycles. The normalized spacial score (nSPS) is 11.3. The maximum atomic E-state index is 12.3. The first-order chi connectivity index (χ1) is 10.3. The fourth-order valence-corrected chi connectivity index (χ4v) is 3.32. The van der Waals surface area contributed by atoms with E-state index in [2.05, 4.69) is 4.98 Å². The molecule has 1 aromatic heterocycles. The standard InChI is InChI=1S/C12H11Cl2N3O4S/c1-17-6-5-15-12(17)22(19,20)16-11(18)9-7(13)3-4-8(14)10(9)21-2/h3-6H,1-2H3,(H,16,18). The predicted molar refractivity (Wildman–Crippen MR) is 80.9 cm³/mol. The number of hydrogen-bond acceptors (Lipinski definition) is 5. The Morgan fingerprint density at radius 1 is 1.32 bits per heavy atom. The highest BCUT2D eigenvalue weighted by atomic mass is 35.5. The quantitative estimate of drug-likeness (QED) is 0.894. The molecule has 0 saturated heterocycles. The Labute approximate surface area is 136 Å². The van der Waals surface area contributed by atoms with Crippen LogP contribution in [0, 0.1) is 0 Å². The molecule has 1 amide bonds. The number of halogens is 2. The average Bonchev–Trinajstić information content (AvgIpc) is 2.87. The van der Waals surface area contributed by atoms with Crippen LogP contribution < -0.4 is 9.46 Å². The third-order valence-electron chi connectivity index (χ3n) is 2.73. The Kier molecular flexibility index (Phi) is 4.64. The molecule has 0 saturated carbocycles. The van der Waals surface area contributed by atoms with Gasteiger partial charge < -0.3 is 9.30 Å². The number of benzene rings is 1. The first-order valence-corrected chi connectivity index (χ1v) is 8.08. The summed E-state index contributed by atoms with van der Waals surface area (Å²) in [5.41, 5.74) is -0.172. The molecule has 7 nitrogen and oxygen atoms in total. The highest BCUT2D eigenvalue weighted by Gasteiger charge is 2.27. The lowest BCUT2D eigenvalue weighted by molar-refractivity contribution is 0.0978. The minimum Gasteiger partial charge on any atom is -0.494 e. The van der Waals surface area contributed by atoms with Crippen molar-refractivity contribution < 1.29 is 17.9 Å². The number of imidazole rings is 1. The Bertz CT molecular complexity index is 833. The summed E-state index contributed by atoms with van der Waals surface area (Å²) >= 11 is 11.9. The largest absolute Gasteiger partial charge is 0.494 e. The van der Waals surface area contributed by atoms with Gasteiger partial charge in [0.2, 0.25) is 5.16 Å². The molecule has 0 bridgehead atoms. The number of hydrogen-bond donors (Lipinski definition) is 1. The van der Waals surface area contributed by atoms with Crippen LogP contribution in [-0.2, 0) is 17.1 Å². The van der Waals surface area contributed by atoms with Gasteiger partial charge in [0.1, 0.15) is 5.56 Å². The summed E-state index contributed by atoms with van der Waals surface area (Å²) in [6.07, 6.45) is 2.73. The molecule has 10 heteroatoms. The zero-order valence-electron chi connectivity index (χ0n) is 11.5. The molecule has 2 rings (SSSR count). The second-order valence-corrected chi connectivity index (χ2v) is 6.58. The van der Waals surface area contributed by atoms with E-state index in [0.29, 0.717) is 0 Å². The van der Waals surface area contributed by atoms with Gasteiger partial charge in [-0.05, 0) is 12.1 Å². The zero-order chi connectivity index (χ0) is 16.5. The number of amides is 1. The maximum absolute atomic E-state index is 12.3. The van der Waals surface area contributed by atoms with E-state index in [1.165, 1.54) is 43.3 Å². The summed E-state index contributed by atoms with van der Waals surface area (Å²) in [7, 11) is -1.38. The molecule has 22 heavy (non-hydrogen) atoms. The summed E-state index contributed by atoms with van der Waals surface area (Å²) in [5, 5.41) is -0.168. The second kappa shape index (κ2) is 6.15. The molecule has 118 valence electrons. The molecule has 1 N–H and O–H groups in total. The molecule has 1 aromatic carbocycles. The van der Waals surface area contributed by atoms with Crippen molar-refractivity contribution in [2.24, 2.45) is 7.05 Å². The summed E-state index contributed by atoms with van der Waals surface area (Å²) in [6.45, 7) is 0. The fraction of sp³-hybridized carbons (Fsp3) is 0.167. The SMILES string of the molecule is COc1c(Cl)ccc(Cl)c1C(=O)NS(=O)(=O)c1nccn1C. The Hall–Kier alpha value is -1.77. The number of carbonyl (C=O) groups excluding carboxylic acids is 1.